The number of hydrogen-bond acceptors (Lipinski definition) is 2. The topological polar surface area (TPSA) is 54.9 Å². The van der Waals surface area contributed by atoms with Crippen LogP contribution in [0.2, 0.25) is 0 Å². The van der Waals surface area contributed by atoms with Crippen molar-refractivity contribution in [2.45, 2.75) is 25.3 Å². The van der Waals surface area contributed by atoms with E-state index in [9.17, 15) is 13.6 Å². The van der Waals surface area contributed by atoms with Gasteiger partial charge < -0.3 is 14.4 Å². The van der Waals surface area contributed by atoms with Crippen molar-refractivity contribution in [3.8, 4) is 0 Å². The molecular formula is C15H16F2NO3+. The Bertz CT molecular complexity index is 736. The van der Waals surface area contributed by atoms with Gasteiger partial charge in [0.05, 0.1) is 31.1 Å². The van der Waals surface area contributed by atoms with Crippen molar-refractivity contribution in [1.29, 1.82) is 0 Å². The fraction of sp³-hybridized carbons (Fsp3) is 0.400. The van der Waals surface area contributed by atoms with E-state index in [0.29, 0.717) is 30.2 Å². The molecule has 0 spiro atoms. The van der Waals surface area contributed by atoms with Gasteiger partial charge in [-0.05, 0) is 6.07 Å². The SMILES string of the molecule is C[NH+](C)C1CCc2oc3c(F)cc(C(=O)O)c(F)c3c2C1. The fourth-order valence-electron chi connectivity index (χ4n) is 3.02. The molecule has 0 fully saturated rings. The molecule has 0 amide bonds. The number of nitrogens with one attached hydrogen (secondary N) is 1. The number of quaternary nitrogens is 1. The molecule has 2 aromatic rings. The maximum Gasteiger partial charge on any atom is 0.338 e. The van der Waals surface area contributed by atoms with Gasteiger partial charge in [-0.25, -0.2) is 13.6 Å². The Morgan fingerprint density at radius 2 is 2.14 bits per heavy atom. The number of furan rings is 1. The van der Waals surface area contributed by atoms with Crippen molar-refractivity contribution >= 4 is 16.9 Å². The predicted molar refractivity (Wildman–Crippen MR) is 71.7 cm³/mol. The third kappa shape index (κ3) is 2.10. The molecule has 4 nitrogen and oxygen atoms in total. The van der Waals surface area contributed by atoms with Crippen molar-refractivity contribution < 1.29 is 28.0 Å². The highest BCUT2D eigenvalue weighted by Crippen LogP contribution is 2.35. The van der Waals surface area contributed by atoms with Crippen LogP contribution in [-0.2, 0) is 12.8 Å². The number of aromatic carboxylic acids is 1. The van der Waals surface area contributed by atoms with Crippen molar-refractivity contribution in [2.24, 2.45) is 0 Å². The summed E-state index contributed by atoms with van der Waals surface area (Å²) in [5, 5.41) is 8.98. The second-order valence-electron chi connectivity index (χ2n) is 5.75. The summed E-state index contributed by atoms with van der Waals surface area (Å²) in [5.74, 6) is -2.64. The number of fused-ring (bicyclic) bond motifs is 3. The first-order valence-electron chi connectivity index (χ1n) is 6.85. The average Bonchev–Trinajstić information content (AvgIpc) is 2.81. The minimum absolute atomic E-state index is 0.00616. The molecule has 1 heterocycles. The Morgan fingerprint density at radius 1 is 1.43 bits per heavy atom. The third-order valence-electron chi connectivity index (χ3n) is 4.25. The van der Waals surface area contributed by atoms with Crippen LogP contribution in [0, 0.1) is 11.6 Å². The zero-order chi connectivity index (χ0) is 15.3. The molecule has 1 unspecified atom stereocenters. The number of halogens is 2. The van der Waals surface area contributed by atoms with Crippen LogP contribution in [0.15, 0.2) is 10.5 Å². The summed E-state index contributed by atoms with van der Waals surface area (Å²) in [6, 6.07) is 0.970. The van der Waals surface area contributed by atoms with Gasteiger partial charge in [0, 0.05) is 24.8 Å². The molecule has 1 aliphatic carbocycles. The Kier molecular flexibility index (Phi) is 3.20. The lowest BCUT2D eigenvalue weighted by Crippen LogP contribution is -3.10. The summed E-state index contributed by atoms with van der Waals surface area (Å²) in [5.41, 5.74) is -0.207. The van der Waals surface area contributed by atoms with E-state index in [-0.39, 0.29) is 17.0 Å². The summed E-state index contributed by atoms with van der Waals surface area (Å²) in [7, 11) is 4.02. The quantitative estimate of drug-likeness (QED) is 0.881. The zero-order valence-electron chi connectivity index (χ0n) is 11.8. The van der Waals surface area contributed by atoms with Crippen molar-refractivity contribution in [1.82, 2.24) is 0 Å². The van der Waals surface area contributed by atoms with Gasteiger partial charge in [-0.1, -0.05) is 0 Å². The number of carboxylic acid groups (broad SMARTS) is 1. The monoisotopic (exact) mass is 296 g/mol. The molecule has 0 saturated carbocycles. The van der Waals surface area contributed by atoms with E-state index in [0.717, 1.165) is 6.42 Å². The minimum atomic E-state index is -1.48. The van der Waals surface area contributed by atoms with E-state index in [1.165, 1.54) is 4.90 Å². The number of rotatable bonds is 2. The molecule has 0 saturated heterocycles. The van der Waals surface area contributed by atoms with Gasteiger partial charge in [-0.2, -0.15) is 0 Å². The lowest BCUT2D eigenvalue weighted by molar-refractivity contribution is -0.886. The van der Waals surface area contributed by atoms with Gasteiger partial charge >= 0.3 is 5.97 Å². The van der Waals surface area contributed by atoms with Crippen LogP contribution in [0.25, 0.3) is 11.0 Å². The van der Waals surface area contributed by atoms with Crippen LogP contribution >= 0.6 is 0 Å². The largest absolute Gasteiger partial charge is 0.478 e. The standard InChI is InChI=1S/C15H15F2NO3/c1-18(2)7-3-4-11-8(5-7)12-13(17)9(15(19)20)6-10(16)14(12)21-11/h6-7H,3-5H2,1-2H3,(H,19,20)/p+1. The average molecular weight is 296 g/mol. The molecule has 1 aromatic heterocycles. The van der Waals surface area contributed by atoms with Crippen LogP contribution in [0.1, 0.15) is 28.1 Å². The molecule has 112 valence electrons. The van der Waals surface area contributed by atoms with E-state index >= 15 is 0 Å². The predicted octanol–water partition coefficient (Wildman–Crippen LogP) is 1.41. The van der Waals surface area contributed by atoms with E-state index in [1.54, 1.807) is 0 Å². The second-order valence-corrected chi connectivity index (χ2v) is 5.75. The highest BCUT2D eigenvalue weighted by atomic mass is 19.1. The second kappa shape index (κ2) is 4.80. The van der Waals surface area contributed by atoms with Gasteiger partial charge in [0.15, 0.2) is 11.4 Å². The normalized spacial score (nSPS) is 18.2. The van der Waals surface area contributed by atoms with Crippen LogP contribution in [0.3, 0.4) is 0 Å². The van der Waals surface area contributed by atoms with E-state index in [1.807, 2.05) is 14.1 Å². The van der Waals surface area contributed by atoms with Gasteiger partial charge in [0.25, 0.3) is 0 Å². The first-order chi connectivity index (χ1) is 9.90. The van der Waals surface area contributed by atoms with Gasteiger partial charge in [0.2, 0.25) is 0 Å². The number of carbonyl (C=O) groups is 1. The molecule has 1 atom stereocenters. The van der Waals surface area contributed by atoms with Crippen LogP contribution in [-0.4, -0.2) is 31.2 Å². The van der Waals surface area contributed by atoms with E-state index in [4.69, 9.17) is 9.52 Å². The molecule has 1 aromatic carbocycles. The van der Waals surface area contributed by atoms with E-state index in [2.05, 4.69) is 0 Å². The third-order valence-corrected chi connectivity index (χ3v) is 4.25. The first kappa shape index (κ1) is 14.0. The molecule has 6 heteroatoms. The van der Waals surface area contributed by atoms with Crippen molar-refractivity contribution in [2.75, 3.05) is 14.1 Å². The molecule has 0 bridgehead atoms. The Morgan fingerprint density at radius 3 is 2.76 bits per heavy atom. The zero-order valence-corrected chi connectivity index (χ0v) is 11.8. The molecule has 0 radical (unpaired) electrons. The van der Waals surface area contributed by atoms with Crippen molar-refractivity contribution in [3.63, 3.8) is 0 Å². The molecule has 0 aliphatic heterocycles. The van der Waals surface area contributed by atoms with Gasteiger partial charge in [-0.3, -0.25) is 0 Å². The maximum absolute atomic E-state index is 14.4. The van der Waals surface area contributed by atoms with Crippen LogP contribution < -0.4 is 4.90 Å². The maximum atomic E-state index is 14.4. The summed E-state index contributed by atoms with van der Waals surface area (Å²) in [6.45, 7) is 0. The smallest absolute Gasteiger partial charge is 0.338 e. The lowest BCUT2D eigenvalue weighted by Gasteiger charge is -2.24. The number of aryl methyl sites for hydroxylation is 1. The molecular weight excluding hydrogens is 280 g/mol. The Balaban J connectivity index is 2.25. The van der Waals surface area contributed by atoms with Crippen LogP contribution in [0.5, 0.6) is 0 Å². The minimum Gasteiger partial charge on any atom is -0.478 e. The summed E-state index contributed by atoms with van der Waals surface area (Å²) in [4.78, 5) is 12.3. The molecule has 3 rings (SSSR count). The van der Waals surface area contributed by atoms with Crippen molar-refractivity contribution in [3.05, 3.63) is 34.6 Å². The van der Waals surface area contributed by atoms with Crippen LogP contribution in [0.4, 0.5) is 8.78 Å². The Labute approximate surface area is 120 Å². The Hall–Kier alpha value is -1.95. The fourth-order valence-corrected chi connectivity index (χ4v) is 3.02. The lowest BCUT2D eigenvalue weighted by atomic mass is 9.90. The summed E-state index contributed by atoms with van der Waals surface area (Å²) in [6.07, 6.45) is 2.05. The summed E-state index contributed by atoms with van der Waals surface area (Å²) >= 11 is 0. The number of carboxylic acids is 1. The van der Waals surface area contributed by atoms with Gasteiger partial charge in [0.1, 0.15) is 11.6 Å². The number of likely N-dealkylation sites (N-methyl/N-ethyl adjacent to an activating group) is 1. The highest BCUT2D eigenvalue weighted by Gasteiger charge is 2.31. The molecule has 2 N–H and O–H groups in total. The van der Waals surface area contributed by atoms with Gasteiger partial charge in [-0.15, -0.1) is 0 Å². The molecule has 1 aliphatic rings. The summed E-state index contributed by atoms with van der Waals surface area (Å²) < 4.78 is 33.9. The number of hydrogen-bond donors (Lipinski definition) is 2. The molecule has 21 heavy (non-hydrogen) atoms. The number of benzene rings is 1. The van der Waals surface area contributed by atoms with E-state index < -0.39 is 23.2 Å². The first-order valence-corrected chi connectivity index (χ1v) is 6.85. The highest BCUT2D eigenvalue weighted by molar-refractivity contribution is 5.95.